The molecular weight excluding hydrogens is 229 g/mol. The Morgan fingerprint density at radius 1 is 1.33 bits per heavy atom. The summed E-state index contributed by atoms with van der Waals surface area (Å²) in [5.41, 5.74) is 3.81. The van der Waals surface area contributed by atoms with E-state index in [4.69, 9.17) is 0 Å². The summed E-state index contributed by atoms with van der Waals surface area (Å²) in [5, 5.41) is 7.61. The Hall–Kier alpha value is -1.68. The highest BCUT2D eigenvalue weighted by molar-refractivity contribution is 5.35. The first kappa shape index (κ1) is 12.8. The second kappa shape index (κ2) is 4.90. The smallest absolute Gasteiger partial charge is 0.126 e. The molecule has 1 N–H and O–H groups in total. The predicted molar refractivity (Wildman–Crippen MR) is 70.0 cm³/mol. The van der Waals surface area contributed by atoms with Gasteiger partial charge in [0.1, 0.15) is 5.82 Å². The number of rotatable bonds is 3. The fourth-order valence-electron chi connectivity index (χ4n) is 2.25. The third kappa shape index (κ3) is 2.29. The number of benzene rings is 1. The maximum absolute atomic E-state index is 13.3. The van der Waals surface area contributed by atoms with E-state index in [-0.39, 0.29) is 11.9 Å². The summed E-state index contributed by atoms with van der Waals surface area (Å²) in [4.78, 5) is 0. The van der Waals surface area contributed by atoms with Crippen molar-refractivity contribution in [2.45, 2.75) is 19.9 Å². The van der Waals surface area contributed by atoms with Crippen LogP contribution in [0.15, 0.2) is 24.4 Å². The minimum Gasteiger partial charge on any atom is -0.309 e. The van der Waals surface area contributed by atoms with Crippen molar-refractivity contribution < 1.29 is 4.39 Å². The summed E-state index contributed by atoms with van der Waals surface area (Å²) >= 11 is 0. The zero-order valence-electron chi connectivity index (χ0n) is 11.2. The minimum absolute atomic E-state index is 0.0398. The van der Waals surface area contributed by atoms with E-state index in [0.29, 0.717) is 5.56 Å². The Balaban J connectivity index is 2.45. The molecule has 1 heterocycles. The van der Waals surface area contributed by atoms with Gasteiger partial charge in [-0.2, -0.15) is 5.10 Å². The maximum atomic E-state index is 13.3. The average molecular weight is 247 g/mol. The van der Waals surface area contributed by atoms with Gasteiger partial charge >= 0.3 is 0 Å². The van der Waals surface area contributed by atoms with Crippen LogP contribution in [0.2, 0.25) is 0 Å². The van der Waals surface area contributed by atoms with Gasteiger partial charge in [-0.05, 0) is 38.1 Å². The molecule has 0 spiro atoms. The van der Waals surface area contributed by atoms with Crippen LogP contribution in [0, 0.1) is 19.7 Å². The van der Waals surface area contributed by atoms with Gasteiger partial charge in [0, 0.05) is 18.8 Å². The molecule has 1 atom stereocenters. The van der Waals surface area contributed by atoms with E-state index >= 15 is 0 Å². The second-order valence-electron chi connectivity index (χ2n) is 4.57. The molecule has 1 aromatic carbocycles. The van der Waals surface area contributed by atoms with Gasteiger partial charge in [-0.15, -0.1) is 0 Å². The lowest BCUT2D eigenvalue weighted by Crippen LogP contribution is -2.18. The molecule has 4 heteroatoms. The Morgan fingerprint density at radius 2 is 2.06 bits per heavy atom. The van der Waals surface area contributed by atoms with Gasteiger partial charge in [0.25, 0.3) is 0 Å². The first-order chi connectivity index (χ1) is 8.52. The van der Waals surface area contributed by atoms with Gasteiger partial charge < -0.3 is 5.32 Å². The van der Waals surface area contributed by atoms with E-state index in [1.165, 1.54) is 6.07 Å². The van der Waals surface area contributed by atoms with Gasteiger partial charge in [0.05, 0.1) is 11.7 Å². The summed E-state index contributed by atoms with van der Waals surface area (Å²) in [6.45, 7) is 3.76. The molecule has 1 aromatic heterocycles. The van der Waals surface area contributed by atoms with Crippen molar-refractivity contribution in [3.63, 3.8) is 0 Å². The van der Waals surface area contributed by atoms with E-state index in [1.807, 2.05) is 39.3 Å². The summed E-state index contributed by atoms with van der Waals surface area (Å²) in [6.07, 6.45) is 2.00. The van der Waals surface area contributed by atoms with Gasteiger partial charge in [-0.1, -0.05) is 12.1 Å². The zero-order valence-corrected chi connectivity index (χ0v) is 11.2. The van der Waals surface area contributed by atoms with Crippen molar-refractivity contribution in [3.8, 4) is 0 Å². The predicted octanol–water partition coefficient (Wildman–Crippen LogP) is 2.48. The normalized spacial score (nSPS) is 12.7. The molecule has 2 aromatic rings. The number of aromatic nitrogens is 2. The molecule has 0 saturated heterocycles. The van der Waals surface area contributed by atoms with Crippen molar-refractivity contribution in [3.05, 3.63) is 52.6 Å². The molecule has 0 bridgehead atoms. The van der Waals surface area contributed by atoms with Crippen molar-refractivity contribution in [2.75, 3.05) is 7.05 Å². The Labute approximate surface area is 107 Å². The van der Waals surface area contributed by atoms with Gasteiger partial charge in [0.2, 0.25) is 0 Å². The first-order valence-electron chi connectivity index (χ1n) is 5.96. The van der Waals surface area contributed by atoms with Crippen LogP contribution in [0.25, 0.3) is 0 Å². The fraction of sp³-hybridized carbons (Fsp3) is 0.357. The van der Waals surface area contributed by atoms with Crippen molar-refractivity contribution in [1.82, 2.24) is 15.1 Å². The molecule has 0 aliphatic heterocycles. The minimum atomic E-state index is -0.170. The van der Waals surface area contributed by atoms with Crippen LogP contribution >= 0.6 is 0 Å². The van der Waals surface area contributed by atoms with Crippen LogP contribution in [0.3, 0.4) is 0 Å². The van der Waals surface area contributed by atoms with E-state index in [0.717, 1.165) is 16.8 Å². The lowest BCUT2D eigenvalue weighted by Gasteiger charge is -2.16. The highest BCUT2D eigenvalue weighted by Crippen LogP contribution is 2.25. The van der Waals surface area contributed by atoms with Crippen LogP contribution in [-0.2, 0) is 7.05 Å². The highest BCUT2D eigenvalue weighted by Gasteiger charge is 2.17. The lowest BCUT2D eigenvalue weighted by atomic mass is 9.98. The van der Waals surface area contributed by atoms with Crippen LogP contribution in [0.5, 0.6) is 0 Å². The van der Waals surface area contributed by atoms with E-state index in [1.54, 1.807) is 11.6 Å². The molecule has 0 aliphatic carbocycles. The SMILES string of the molecule is CNC(c1ccc(F)c(C)c1)c1cn(C)nc1C. The zero-order chi connectivity index (χ0) is 13.3. The summed E-state index contributed by atoms with van der Waals surface area (Å²) in [6, 6.07) is 5.25. The summed E-state index contributed by atoms with van der Waals surface area (Å²) in [5.74, 6) is -0.170. The van der Waals surface area contributed by atoms with E-state index in [9.17, 15) is 4.39 Å². The van der Waals surface area contributed by atoms with E-state index in [2.05, 4.69) is 10.4 Å². The molecule has 0 aliphatic rings. The Kier molecular flexibility index (Phi) is 3.48. The first-order valence-corrected chi connectivity index (χ1v) is 5.96. The average Bonchev–Trinajstić information content (AvgIpc) is 2.64. The standard InChI is InChI=1S/C14H18FN3/c1-9-7-11(5-6-13(9)15)14(16-3)12-8-18(4)17-10(12)2/h5-8,14,16H,1-4H3. The number of hydrogen-bond donors (Lipinski definition) is 1. The number of nitrogens with one attached hydrogen (secondary N) is 1. The topological polar surface area (TPSA) is 29.9 Å². The van der Waals surface area contributed by atoms with Gasteiger partial charge in [0.15, 0.2) is 0 Å². The molecule has 0 saturated carbocycles. The molecule has 3 nitrogen and oxygen atoms in total. The summed E-state index contributed by atoms with van der Waals surface area (Å²) < 4.78 is 15.1. The quantitative estimate of drug-likeness (QED) is 0.903. The van der Waals surface area contributed by atoms with E-state index < -0.39 is 0 Å². The van der Waals surface area contributed by atoms with Crippen molar-refractivity contribution >= 4 is 0 Å². The molecule has 0 fully saturated rings. The molecular formula is C14H18FN3. The Morgan fingerprint density at radius 3 is 2.56 bits per heavy atom. The Bertz CT molecular complexity index is 560. The molecule has 18 heavy (non-hydrogen) atoms. The second-order valence-corrected chi connectivity index (χ2v) is 4.57. The summed E-state index contributed by atoms with van der Waals surface area (Å²) in [7, 11) is 3.80. The molecule has 1 unspecified atom stereocenters. The third-order valence-electron chi connectivity index (χ3n) is 3.17. The van der Waals surface area contributed by atoms with Crippen molar-refractivity contribution in [2.24, 2.45) is 7.05 Å². The lowest BCUT2D eigenvalue weighted by molar-refractivity contribution is 0.613. The largest absolute Gasteiger partial charge is 0.309 e. The number of nitrogens with zero attached hydrogens (tertiary/aromatic N) is 2. The molecule has 96 valence electrons. The van der Waals surface area contributed by atoms with Crippen molar-refractivity contribution in [1.29, 1.82) is 0 Å². The molecule has 0 amide bonds. The van der Waals surface area contributed by atoms with Gasteiger partial charge in [-0.25, -0.2) is 4.39 Å². The number of hydrogen-bond acceptors (Lipinski definition) is 2. The number of aryl methyl sites for hydroxylation is 3. The number of halogens is 1. The van der Waals surface area contributed by atoms with Crippen LogP contribution in [-0.4, -0.2) is 16.8 Å². The highest BCUT2D eigenvalue weighted by atomic mass is 19.1. The fourth-order valence-corrected chi connectivity index (χ4v) is 2.25. The van der Waals surface area contributed by atoms with Gasteiger partial charge in [-0.3, -0.25) is 4.68 Å². The third-order valence-corrected chi connectivity index (χ3v) is 3.17. The van der Waals surface area contributed by atoms with Crippen LogP contribution < -0.4 is 5.32 Å². The molecule has 2 rings (SSSR count). The van der Waals surface area contributed by atoms with Crippen LogP contribution in [0.1, 0.15) is 28.4 Å². The molecule has 0 radical (unpaired) electrons. The maximum Gasteiger partial charge on any atom is 0.126 e. The monoisotopic (exact) mass is 247 g/mol. The van der Waals surface area contributed by atoms with Crippen LogP contribution in [0.4, 0.5) is 4.39 Å².